The summed E-state index contributed by atoms with van der Waals surface area (Å²) >= 11 is 1.07. The molecule has 10 nitrogen and oxygen atoms in total. The topological polar surface area (TPSA) is 128 Å². The molecule has 0 saturated carbocycles. The largest absolute Gasteiger partial charge is 0.477 e. The first-order valence-electron chi connectivity index (χ1n) is 12.0. The van der Waals surface area contributed by atoms with Crippen molar-refractivity contribution in [2.45, 2.75) is 58.6 Å². The molecule has 1 saturated heterocycles. The zero-order valence-electron chi connectivity index (χ0n) is 20.0. The number of fused-ring (bicyclic) bond motifs is 1. The van der Waals surface area contributed by atoms with E-state index in [0.29, 0.717) is 36.2 Å². The molecule has 0 atom stereocenters. The average molecular weight is 499 g/mol. The maximum Gasteiger partial charge on any atom is 0.347 e. The third-order valence-corrected chi connectivity index (χ3v) is 7.54. The molecule has 3 aromatic heterocycles. The number of carbonyl (C=O) groups is 1. The molecule has 2 aliphatic rings. The number of aliphatic hydroxyl groups is 1. The molecular formula is C24H30N6O4S. The lowest BCUT2D eigenvalue weighted by atomic mass is 10.1. The van der Waals surface area contributed by atoms with E-state index in [2.05, 4.69) is 20.1 Å². The van der Waals surface area contributed by atoms with Crippen LogP contribution < -0.4 is 15.1 Å². The number of aryl methyl sites for hydroxylation is 2. The van der Waals surface area contributed by atoms with Gasteiger partial charge >= 0.3 is 5.97 Å². The highest BCUT2D eigenvalue weighted by molar-refractivity contribution is 7.17. The molecule has 35 heavy (non-hydrogen) atoms. The number of thiazole rings is 1. The zero-order chi connectivity index (χ0) is 24.5. The van der Waals surface area contributed by atoms with Crippen molar-refractivity contribution >= 4 is 40.0 Å². The molecule has 0 spiro atoms. The number of nitrogens with zero attached hydrogens (tertiary/aromatic N) is 5. The van der Waals surface area contributed by atoms with Crippen molar-refractivity contribution in [1.82, 2.24) is 15.0 Å². The van der Waals surface area contributed by atoms with Gasteiger partial charge in [-0.25, -0.2) is 9.78 Å². The second-order valence-electron chi connectivity index (χ2n) is 9.15. The van der Waals surface area contributed by atoms with Crippen LogP contribution in [0.4, 0.5) is 22.7 Å². The predicted octanol–water partition coefficient (Wildman–Crippen LogP) is 3.89. The number of hydrogen-bond donors (Lipinski definition) is 3. The zero-order valence-corrected chi connectivity index (χ0v) is 20.8. The van der Waals surface area contributed by atoms with Crippen molar-refractivity contribution in [3.8, 4) is 0 Å². The standard InChI is InChI=1S/C24H30N6O4S/c1-14-6-7-17(34-14)13-30-10-4-3-5-18-20(29-11-8-16(31)9-12-29)26-23(27-21(18)30)28-24-25-15(2)19(35-24)22(32)33/h6-7,16,31H,3-5,8-13H2,1-2H3,(H,32,33)(H,25,26,27,28). The molecule has 0 aliphatic carbocycles. The van der Waals surface area contributed by atoms with Gasteiger partial charge in [-0.2, -0.15) is 9.97 Å². The Bertz CT molecular complexity index is 1220. The van der Waals surface area contributed by atoms with Gasteiger partial charge in [-0.1, -0.05) is 11.3 Å². The van der Waals surface area contributed by atoms with Crippen LogP contribution in [0.2, 0.25) is 0 Å². The van der Waals surface area contributed by atoms with Crippen LogP contribution in [-0.4, -0.2) is 56.9 Å². The van der Waals surface area contributed by atoms with E-state index in [4.69, 9.17) is 14.4 Å². The molecule has 1 fully saturated rings. The lowest BCUT2D eigenvalue weighted by Gasteiger charge is -2.33. The maximum atomic E-state index is 11.5. The number of hydrogen-bond acceptors (Lipinski definition) is 10. The number of carboxylic acids is 1. The van der Waals surface area contributed by atoms with Gasteiger partial charge < -0.3 is 24.4 Å². The van der Waals surface area contributed by atoms with Gasteiger partial charge in [0.2, 0.25) is 5.95 Å². The molecular weight excluding hydrogens is 468 g/mol. The summed E-state index contributed by atoms with van der Waals surface area (Å²) in [5.74, 6) is 2.89. The summed E-state index contributed by atoms with van der Waals surface area (Å²) in [7, 11) is 0. The van der Waals surface area contributed by atoms with E-state index < -0.39 is 5.97 Å². The van der Waals surface area contributed by atoms with Crippen LogP contribution in [0.5, 0.6) is 0 Å². The summed E-state index contributed by atoms with van der Waals surface area (Å²) in [6.07, 6.45) is 4.06. The van der Waals surface area contributed by atoms with Gasteiger partial charge in [0.15, 0.2) is 5.13 Å². The highest BCUT2D eigenvalue weighted by Crippen LogP contribution is 2.36. The smallest absolute Gasteiger partial charge is 0.347 e. The Kier molecular flexibility index (Phi) is 6.61. The summed E-state index contributed by atoms with van der Waals surface area (Å²) in [5, 5.41) is 23.1. The van der Waals surface area contributed by atoms with Crippen molar-refractivity contribution < 1.29 is 19.4 Å². The highest BCUT2D eigenvalue weighted by Gasteiger charge is 2.28. The van der Waals surface area contributed by atoms with Gasteiger partial charge in [-0.05, 0) is 58.1 Å². The monoisotopic (exact) mass is 498 g/mol. The molecule has 0 unspecified atom stereocenters. The van der Waals surface area contributed by atoms with Crippen LogP contribution in [0, 0.1) is 13.8 Å². The lowest BCUT2D eigenvalue weighted by molar-refractivity contribution is 0.0701. The third-order valence-electron chi connectivity index (χ3n) is 6.48. The molecule has 186 valence electrons. The predicted molar refractivity (Wildman–Crippen MR) is 134 cm³/mol. The minimum Gasteiger partial charge on any atom is -0.477 e. The first-order valence-corrected chi connectivity index (χ1v) is 12.8. The highest BCUT2D eigenvalue weighted by atomic mass is 32.1. The molecule has 0 amide bonds. The summed E-state index contributed by atoms with van der Waals surface area (Å²) < 4.78 is 5.86. The van der Waals surface area contributed by atoms with Gasteiger partial charge in [0.25, 0.3) is 0 Å². The Hall–Kier alpha value is -3.18. The van der Waals surface area contributed by atoms with E-state index in [1.807, 2.05) is 19.1 Å². The second kappa shape index (κ2) is 9.82. The van der Waals surface area contributed by atoms with Crippen molar-refractivity contribution in [3.63, 3.8) is 0 Å². The van der Waals surface area contributed by atoms with E-state index in [1.165, 1.54) is 0 Å². The first-order chi connectivity index (χ1) is 16.9. The quantitative estimate of drug-likeness (QED) is 0.460. The van der Waals surface area contributed by atoms with E-state index in [1.54, 1.807) is 6.92 Å². The number of anilines is 4. The van der Waals surface area contributed by atoms with E-state index in [-0.39, 0.29) is 11.0 Å². The summed E-state index contributed by atoms with van der Waals surface area (Å²) in [6.45, 7) is 6.52. The van der Waals surface area contributed by atoms with Gasteiger partial charge in [-0.3, -0.25) is 5.32 Å². The first kappa shape index (κ1) is 23.6. The fourth-order valence-corrected chi connectivity index (χ4v) is 5.51. The summed E-state index contributed by atoms with van der Waals surface area (Å²) in [6, 6.07) is 3.97. The van der Waals surface area contributed by atoms with Crippen molar-refractivity contribution in [2.75, 3.05) is 34.8 Å². The van der Waals surface area contributed by atoms with Crippen molar-refractivity contribution in [1.29, 1.82) is 0 Å². The van der Waals surface area contributed by atoms with Gasteiger partial charge in [0.05, 0.1) is 18.3 Å². The second-order valence-corrected chi connectivity index (χ2v) is 10.1. The van der Waals surface area contributed by atoms with Gasteiger partial charge in [0, 0.05) is 25.2 Å². The molecule has 3 aromatic rings. The number of aliphatic hydroxyl groups excluding tert-OH is 1. The number of rotatable bonds is 6. The number of aromatic nitrogens is 3. The molecule has 11 heteroatoms. The van der Waals surface area contributed by atoms with Crippen LogP contribution in [0.3, 0.4) is 0 Å². The Labute approximate surface area is 207 Å². The van der Waals surface area contributed by atoms with Gasteiger partial charge in [0.1, 0.15) is 28.0 Å². The molecule has 0 aromatic carbocycles. The normalized spacial score (nSPS) is 16.8. The van der Waals surface area contributed by atoms with Crippen molar-refractivity contribution in [3.05, 3.63) is 39.8 Å². The van der Waals surface area contributed by atoms with Gasteiger partial charge in [-0.15, -0.1) is 0 Å². The molecule has 3 N–H and O–H groups in total. The van der Waals surface area contributed by atoms with E-state index >= 15 is 0 Å². The number of piperidine rings is 1. The minimum atomic E-state index is -0.997. The minimum absolute atomic E-state index is 0.197. The Balaban J connectivity index is 1.55. The number of carboxylic acid groups (broad SMARTS) is 1. The number of furan rings is 1. The molecule has 0 bridgehead atoms. The third kappa shape index (κ3) is 5.10. The van der Waals surface area contributed by atoms with Crippen LogP contribution in [0.1, 0.15) is 58.1 Å². The summed E-state index contributed by atoms with van der Waals surface area (Å²) in [4.78, 5) is 30.3. The molecule has 5 heterocycles. The maximum absolute atomic E-state index is 11.5. The molecule has 2 aliphatic heterocycles. The molecule has 5 rings (SSSR count). The number of nitrogens with one attached hydrogen (secondary N) is 1. The Morgan fingerprint density at radius 1 is 1.14 bits per heavy atom. The fourth-order valence-electron chi connectivity index (χ4n) is 4.71. The van der Waals surface area contributed by atoms with E-state index in [0.717, 1.165) is 79.0 Å². The fraction of sp³-hybridized carbons (Fsp3) is 0.500. The molecule has 0 radical (unpaired) electrons. The Morgan fingerprint density at radius 2 is 1.91 bits per heavy atom. The SMILES string of the molecule is Cc1ccc(CN2CCCCc3c(N4CCC(O)CC4)nc(Nc4nc(C)c(C(=O)O)s4)nc32)o1. The van der Waals surface area contributed by atoms with E-state index in [9.17, 15) is 15.0 Å². The summed E-state index contributed by atoms with van der Waals surface area (Å²) in [5.41, 5.74) is 1.56. The van der Waals surface area contributed by atoms with Crippen LogP contribution in [0.15, 0.2) is 16.5 Å². The van der Waals surface area contributed by atoms with Crippen LogP contribution >= 0.6 is 11.3 Å². The Morgan fingerprint density at radius 3 is 2.60 bits per heavy atom. The van der Waals surface area contributed by atoms with Crippen LogP contribution in [0.25, 0.3) is 0 Å². The van der Waals surface area contributed by atoms with Crippen molar-refractivity contribution in [2.24, 2.45) is 0 Å². The lowest BCUT2D eigenvalue weighted by Crippen LogP contribution is -2.37. The average Bonchev–Trinajstić information content (AvgIpc) is 3.34. The number of aromatic carboxylic acids is 1. The van der Waals surface area contributed by atoms with Crippen LogP contribution in [-0.2, 0) is 13.0 Å².